The Morgan fingerprint density at radius 3 is 2.65 bits per heavy atom. The van der Waals surface area contributed by atoms with E-state index in [1.807, 2.05) is 49.9 Å². The van der Waals surface area contributed by atoms with Crippen molar-refractivity contribution in [3.05, 3.63) is 40.8 Å². The van der Waals surface area contributed by atoms with Crippen LogP contribution in [0, 0.1) is 0 Å². The number of benzene rings is 1. The van der Waals surface area contributed by atoms with Gasteiger partial charge in [-0.15, -0.1) is 11.3 Å². The summed E-state index contributed by atoms with van der Waals surface area (Å²) in [5.74, 6) is 0.902. The Bertz CT molecular complexity index is 496. The lowest BCUT2D eigenvalue weighted by atomic mass is 10.2. The number of nitrogens with one attached hydrogen (secondary N) is 1. The van der Waals surface area contributed by atoms with Crippen molar-refractivity contribution in [1.82, 2.24) is 9.88 Å². The van der Waals surface area contributed by atoms with Crippen molar-refractivity contribution in [3.8, 4) is 5.75 Å². The molecule has 0 bridgehead atoms. The minimum absolute atomic E-state index is 0.218. The van der Waals surface area contributed by atoms with Crippen LogP contribution in [0.25, 0.3) is 0 Å². The normalized spacial score (nSPS) is 12.4. The molecule has 108 valence electrons. The maximum Gasteiger partial charge on any atom is 0.119 e. The molecule has 5 heteroatoms. The first-order valence-corrected chi connectivity index (χ1v) is 7.56. The first kappa shape index (κ1) is 14.8. The van der Waals surface area contributed by atoms with Gasteiger partial charge < -0.3 is 15.0 Å². The van der Waals surface area contributed by atoms with Gasteiger partial charge in [0.2, 0.25) is 0 Å². The Morgan fingerprint density at radius 2 is 2.05 bits per heavy atom. The van der Waals surface area contributed by atoms with Crippen LogP contribution in [0.3, 0.4) is 0 Å². The number of hydrogen-bond donors (Lipinski definition) is 1. The zero-order valence-electron chi connectivity index (χ0n) is 12.2. The number of thiazole rings is 1. The summed E-state index contributed by atoms with van der Waals surface area (Å²) >= 11 is 1.66. The average molecular weight is 291 g/mol. The monoisotopic (exact) mass is 291 g/mol. The maximum absolute atomic E-state index is 5.67. The van der Waals surface area contributed by atoms with E-state index >= 15 is 0 Å². The molecule has 4 nitrogen and oxygen atoms in total. The van der Waals surface area contributed by atoms with Crippen molar-refractivity contribution in [1.29, 1.82) is 0 Å². The lowest BCUT2D eigenvalue weighted by Crippen LogP contribution is -2.19. The third-order valence-corrected chi connectivity index (χ3v) is 3.82. The van der Waals surface area contributed by atoms with Gasteiger partial charge in [-0.05, 0) is 45.3 Å². The van der Waals surface area contributed by atoms with Crippen LogP contribution in [0.15, 0.2) is 35.8 Å². The molecule has 0 aliphatic heterocycles. The average Bonchev–Trinajstić information content (AvgIpc) is 2.94. The highest BCUT2D eigenvalue weighted by atomic mass is 32.1. The fourth-order valence-electron chi connectivity index (χ4n) is 1.75. The Labute approximate surface area is 124 Å². The predicted molar refractivity (Wildman–Crippen MR) is 84.6 cm³/mol. The van der Waals surface area contributed by atoms with Gasteiger partial charge in [-0.25, -0.2) is 4.98 Å². The Balaban J connectivity index is 1.85. The van der Waals surface area contributed by atoms with Crippen LogP contribution in [0.4, 0.5) is 5.69 Å². The van der Waals surface area contributed by atoms with E-state index in [9.17, 15) is 0 Å². The van der Waals surface area contributed by atoms with Gasteiger partial charge in [-0.1, -0.05) is 0 Å². The summed E-state index contributed by atoms with van der Waals surface area (Å²) in [5.41, 5.74) is 1.08. The lowest BCUT2D eigenvalue weighted by Gasteiger charge is -2.14. The Hall–Kier alpha value is -1.59. The van der Waals surface area contributed by atoms with Crippen LogP contribution >= 0.6 is 11.3 Å². The molecule has 0 aliphatic carbocycles. The Kier molecular flexibility index (Phi) is 5.38. The van der Waals surface area contributed by atoms with E-state index < -0.39 is 0 Å². The van der Waals surface area contributed by atoms with Crippen LogP contribution < -0.4 is 10.1 Å². The smallest absolute Gasteiger partial charge is 0.119 e. The molecule has 1 heterocycles. The van der Waals surface area contributed by atoms with Gasteiger partial charge >= 0.3 is 0 Å². The van der Waals surface area contributed by atoms with Crippen LogP contribution in [0.1, 0.15) is 18.0 Å². The van der Waals surface area contributed by atoms with Gasteiger partial charge in [0.05, 0.1) is 6.04 Å². The molecule has 2 aromatic rings. The molecule has 0 fully saturated rings. The fraction of sp³-hybridized carbons (Fsp3) is 0.400. The van der Waals surface area contributed by atoms with E-state index in [0.717, 1.165) is 23.0 Å². The summed E-state index contributed by atoms with van der Waals surface area (Å²) in [6.45, 7) is 3.73. The van der Waals surface area contributed by atoms with Crippen LogP contribution in [0.5, 0.6) is 5.75 Å². The summed E-state index contributed by atoms with van der Waals surface area (Å²) in [5, 5.41) is 6.52. The maximum atomic E-state index is 5.67. The second-order valence-corrected chi connectivity index (χ2v) is 5.84. The Morgan fingerprint density at radius 1 is 1.30 bits per heavy atom. The summed E-state index contributed by atoms with van der Waals surface area (Å²) < 4.78 is 5.67. The van der Waals surface area contributed by atoms with Gasteiger partial charge in [0.15, 0.2) is 0 Å². The quantitative estimate of drug-likeness (QED) is 0.849. The van der Waals surface area contributed by atoms with Crippen LogP contribution in [0.2, 0.25) is 0 Å². The predicted octanol–water partition coefficient (Wildman–Crippen LogP) is 3.26. The minimum atomic E-state index is 0.218. The highest BCUT2D eigenvalue weighted by Crippen LogP contribution is 2.22. The van der Waals surface area contributed by atoms with Gasteiger partial charge in [0.1, 0.15) is 17.4 Å². The molecule has 0 saturated heterocycles. The molecule has 2 rings (SSSR count). The second kappa shape index (κ2) is 7.26. The molecule has 0 saturated carbocycles. The molecule has 1 atom stereocenters. The lowest BCUT2D eigenvalue weighted by molar-refractivity contribution is 0.261. The second-order valence-electron chi connectivity index (χ2n) is 4.91. The van der Waals surface area contributed by atoms with Gasteiger partial charge in [-0.3, -0.25) is 0 Å². The number of ether oxygens (including phenoxy) is 1. The molecule has 0 spiro atoms. The van der Waals surface area contributed by atoms with E-state index in [2.05, 4.69) is 22.1 Å². The van der Waals surface area contributed by atoms with E-state index in [1.165, 1.54) is 0 Å². The molecule has 20 heavy (non-hydrogen) atoms. The van der Waals surface area contributed by atoms with Crippen LogP contribution in [-0.2, 0) is 0 Å². The molecule has 0 radical (unpaired) electrons. The van der Waals surface area contributed by atoms with E-state index in [-0.39, 0.29) is 6.04 Å². The van der Waals surface area contributed by atoms with Crippen molar-refractivity contribution in [3.63, 3.8) is 0 Å². The third kappa shape index (κ3) is 4.51. The number of anilines is 1. The first-order chi connectivity index (χ1) is 9.65. The number of rotatable bonds is 7. The van der Waals surface area contributed by atoms with Crippen molar-refractivity contribution < 1.29 is 4.74 Å². The van der Waals surface area contributed by atoms with Crippen molar-refractivity contribution >= 4 is 17.0 Å². The molecule has 1 unspecified atom stereocenters. The fourth-order valence-corrected chi connectivity index (χ4v) is 2.40. The number of likely N-dealkylation sites (N-methyl/N-ethyl adjacent to an activating group) is 1. The van der Waals surface area contributed by atoms with Crippen LogP contribution in [-0.4, -0.2) is 37.1 Å². The van der Waals surface area contributed by atoms with E-state index in [0.29, 0.717) is 6.61 Å². The van der Waals surface area contributed by atoms with Gasteiger partial charge in [0, 0.05) is 23.8 Å². The molecular formula is C15H21N3OS. The van der Waals surface area contributed by atoms with Crippen molar-refractivity contribution in [2.45, 2.75) is 13.0 Å². The largest absolute Gasteiger partial charge is 0.492 e. The number of aromatic nitrogens is 1. The van der Waals surface area contributed by atoms with E-state index in [4.69, 9.17) is 4.74 Å². The first-order valence-electron chi connectivity index (χ1n) is 6.68. The highest BCUT2D eigenvalue weighted by Gasteiger charge is 2.07. The number of nitrogens with zero attached hydrogens (tertiary/aromatic N) is 2. The molecule has 0 aliphatic rings. The standard InChI is InChI=1S/C15H21N3OS/c1-12(15-16-8-11-20-15)17-13-4-6-14(7-5-13)19-10-9-18(2)3/h4-8,11-12,17H,9-10H2,1-3H3. The molecular weight excluding hydrogens is 270 g/mol. The summed E-state index contributed by atoms with van der Waals surface area (Å²) in [4.78, 5) is 6.42. The van der Waals surface area contributed by atoms with Gasteiger partial charge in [-0.2, -0.15) is 0 Å². The molecule has 1 aromatic carbocycles. The summed E-state index contributed by atoms with van der Waals surface area (Å²) in [7, 11) is 4.08. The minimum Gasteiger partial charge on any atom is -0.492 e. The van der Waals surface area contributed by atoms with E-state index in [1.54, 1.807) is 11.3 Å². The van der Waals surface area contributed by atoms with Crippen molar-refractivity contribution in [2.75, 3.05) is 32.6 Å². The molecule has 0 amide bonds. The van der Waals surface area contributed by atoms with Gasteiger partial charge in [0.25, 0.3) is 0 Å². The summed E-state index contributed by atoms with van der Waals surface area (Å²) in [6.07, 6.45) is 1.83. The van der Waals surface area contributed by atoms with Crippen molar-refractivity contribution in [2.24, 2.45) is 0 Å². The highest BCUT2D eigenvalue weighted by molar-refractivity contribution is 7.09. The zero-order valence-corrected chi connectivity index (χ0v) is 13.0. The molecule has 1 aromatic heterocycles. The SMILES string of the molecule is CC(Nc1ccc(OCCN(C)C)cc1)c1nccs1. The topological polar surface area (TPSA) is 37.4 Å². The molecule has 1 N–H and O–H groups in total. The number of hydrogen-bond acceptors (Lipinski definition) is 5. The third-order valence-electron chi connectivity index (χ3n) is 2.87. The summed E-state index contributed by atoms with van der Waals surface area (Å²) in [6, 6.07) is 8.28. The zero-order chi connectivity index (χ0) is 14.4.